The van der Waals surface area contributed by atoms with Crippen LogP contribution in [0.2, 0.25) is 0 Å². The van der Waals surface area contributed by atoms with Gasteiger partial charge in [0.2, 0.25) is 0 Å². The molecule has 0 aromatic carbocycles. The zero-order valence-electron chi connectivity index (χ0n) is 9.15. The van der Waals surface area contributed by atoms with Crippen LogP contribution in [-0.2, 0) is 0 Å². The Labute approximate surface area is 76.6 Å². The van der Waals surface area contributed by atoms with Gasteiger partial charge in [0, 0.05) is 0 Å². The van der Waals surface area contributed by atoms with Gasteiger partial charge in [-0.25, -0.2) is 4.39 Å². The van der Waals surface area contributed by atoms with E-state index in [0.717, 1.165) is 12.8 Å². The lowest BCUT2D eigenvalue weighted by molar-refractivity contribution is 0.141. The standard InChI is InChI=1S/C11H23F/c1-6-9(3)10(7-2)8-11(4,5)12/h9-10H,6-8H2,1-5H3. The van der Waals surface area contributed by atoms with Crippen molar-refractivity contribution in [3.8, 4) is 0 Å². The van der Waals surface area contributed by atoms with Crippen molar-refractivity contribution in [3.63, 3.8) is 0 Å². The molecule has 0 N–H and O–H groups in total. The van der Waals surface area contributed by atoms with Crippen molar-refractivity contribution in [2.45, 2.75) is 59.5 Å². The Morgan fingerprint density at radius 1 is 1.17 bits per heavy atom. The molecule has 0 bridgehead atoms. The summed E-state index contributed by atoms with van der Waals surface area (Å²) >= 11 is 0. The van der Waals surface area contributed by atoms with Gasteiger partial charge in [-0.1, -0.05) is 33.6 Å². The topological polar surface area (TPSA) is 0 Å². The zero-order valence-corrected chi connectivity index (χ0v) is 9.15. The highest BCUT2D eigenvalue weighted by Gasteiger charge is 2.24. The molecule has 0 fully saturated rings. The van der Waals surface area contributed by atoms with Gasteiger partial charge in [0.05, 0.1) is 0 Å². The number of hydrogen-bond acceptors (Lipinski definition) is 0. The molecule has 0 aliphatic carbocycles. The summed E-state index contributed by atoms with van der Waals surface area (Å²) in [4.78, 5) is 0. The first-order valence-electron chi connectivity index (χ1n) is 5.09. The minimum Gasteiger partial charge on any atom is -0.244 e. The monoisotopic (exact) mass is 174 g/mol. The highest BCUT2D eigenvalue weighted by molar-refractivity contribution is 4.74. The van der Waals surface area contributed by atoms with E-state index in [9.17, 15) is 4.39 Å². The molecule has 0 rings (SSSR count). The van der Waals surface area contributed by atoms with E-state index < -0.39 is 5.67 Å². The molecule has 0 saturated heterocycles. The Morgan fingerprint density at radius 3 is 1.92 bits per heavy atom. The maximum atomic E-state index is 13.3. The van der Waals surface area contributed by atoms with E-state index in [1.54, 1.807) is 13.8 Å². The third-order valence-electron chi connectivity index (χ3n) is 2.72. The van der Waals surface area contributed by atoms with Gasteiger partial charge in [0.15, 0.2) is 0 Å². The summed E-state index contributed by atoms with van der Waals surface area (Å²) in [5, 5.41) is 0. The highest BCUT2D eigenvalue weighted by Crippen LogP contribution is 2.29. The summed E-state index contributed by atoms with van der Waals surface area (Å²) in [6.45, 7) is 9.91. The van der Waals surface area contributed by atoms with Crippen LogP contribution in [0.5, 0.6) is 0 Å². The molecule has 0 spiro atoms. The van der Waals surface area contributed by atoms with Gasteiger partial charge >= 0.3 is 0 Å². The molecular weight excluding hydrogens is 151 g/mol. The van der Waals surface area contributed by atoms with Crippen LogP contribution in [0.25, 0.3) is 0 Å². The maximum Gasteiger partial charge on any atom is 0.105 e. The number of alkyl halides is 1. The molecular formula is C11H23F. The lowest BCUT2D eigenvalue weighted by Gasteiger charge is -2.26. The quantitative estimate of drug-likeness (QED) is 0.586. The molecule has 0 saturated carbocycles. The number of halogens is 1. The van der Waals surface area contributed by atoms with Gasteiger partial charge in [-0.05, 0) is 32.1 Å². The molecule has 2 atom stereocenters. The Bertz CT molecular complexity index is 113. The maximum absolute atomic E-state index is 13.3. The average Bonchev–Trinajstić information content (AvgIpc) is 1.97. The number of hydrogen-bond donors (Lipinski definition) is 0. The summed E-state index contributed by atoms with van der Waals surface area (Å²) in [6, 6.07) is 0. The molecule has 0 amide bonds. The van der Waals surface area contributed by atoms with E-state index in [4.69, 9.17) is 0 Å². The summed E-state index contributed by atoms with van der Waals surface area (Å²) in [5.41, 5.74) is -0.996. The Morgan fingerprint density at radius 2 is 1.67 bits per heavy atom. The van der Waals surface area contributed by atoms with Gasteiger partial charge in [-0.3, -0.25) is 0 Å². The Balaban J connectivity index is 3.99. The second-order valence-corrected chi connectivity index (χ2v) is 4.48. The lowest BCUT2D eigenvalue weighted by Crippen LogP contribution is -2.22. The molecule has 0 aromatic heterocycles. The molecule has 0 aromatic rings. The van der Waals surface area contributed by atoms with E-state index in [1.165, 1.54) is 0 Å². The van der Waals surface area contributed by atoms with Crippen LogP contribution < -0.4 is 0 Å². The van der Waals surface area contributed by atoms with Gasteiger partial charge in [0.1, 0.15) is 5.67 Å². The van der Waals surface area contributed by atoms with E-state index in [-0.39, 0.29) is 0 Å². The summed E-state index contributed by atoms with van der Waals surface area (Å²) < 4.78 is 13.3. The molecule has 0 heterocycles. The van der Waals surface area contributed by atoms with Crippen LogP contribution in [0.4, 0.5) is 4.39 Å². The van der Waals surface area contributed by atoms with Crippen LogP contribution in [0.3, 0.4) is 0 Å². The van der Waals surface area contributed by atoms with E-state index >= 15 is 0 Å². The fourth-order valence-electron chi connectivity index (χ4n) is 1.70. The van der Waals surface area contributed by atoms with Crippen LogP contribution in [0, 0.1) is 11.8 Å². The predicted octanol–water partition coefficient (Wildman–Crippen LogP) is 4.20. The second kappa shape index (κ2) is 4.84. The first-order chi connectivity index (χ1) is 5.40. The van der Waals surface area contributed by atoms with E-state index in [0.29, 0.717) is 18.3 Å². The SMILES string of the molecule is CCC(C)C(CC)CC(C)(C)F. The minimum absolute atomic E-state index is 0.551. The van der Waals surface area contributed by atoms with Crippen molar-refractivity contribution >= 4 is 0 Å². The third-order valence-corrected chi connectivity index (χ3v) is 2.72. The molecule has 12 heavy (non-hydrogen) atoms. The fraction of sp³-hybridized carbons (Fsp3) is 1.00. The van der Waals surface area contributed by atoms with Crippen molar-refractivity contribution in [1.29, 1.82) is 0 Å². The number of rotatable bonds is 5. The van der Waals surface area contributed by atoms with Crippen molar-refractivity contribution in [1.82, 2.24) is 0 Å². The average molecular weight is 174 g/mol. The third kappa shape index (κ3) is 4.74. The van der Waals surface area contributed by atoms with Crippen molar-refractivity contribution in [2.24, 2.45) is 11.8 Å². The lowest BCUT2D eigenvalue weighted by atomic mass is 9.82. The second-order valence-electron chi connectivity index (χ2n) is 4.48. The van der Waals surface area contributed by atoms with Crippen LogP contribution in [0.15, 0.2) is 0 Å². The summed E-state index contributed by atoms with van der Waals surface area (Å²) in [7, 11) is 0. The smallest absolute Gasteiger partial charge is 0.105 e. The molecule has 74 valence electrons. The largest absolute Gasteiger partial charge is 0.244 e. The van der Waals surface area contributed by atoms with E-state index in [1.807, 2.05) is 0 Å². The fourth-order valence-corrected chi connectivity index (χ4v) is 1.70. The van der Waals surface area contributed by atoms with Crippen molar-refractivity contribution in [3.05, 3.63) is 0 Å². The first-order valence-corrected chi connectivity index (χ1v) is 5.09. The molecule has 0 aliphatic rings. The van der Waals surface area contributed by atoms with Crippen molar-refractivity contribution < 1.29 is 4.39 Å². The predicted molar refractivity (Wildman–Crippen MR) is 53.0 cm³/mol. The van der Waals surface area contributed by atoms with Crippen LogP contribution in [-0.4, -0.2) is 5.67 Å². The molecule has 0 radical (unpaired) electrons. The summed E-state index contributed by atoms with van der Waals surface area (Å²) in [6.07, 6.45) is 2.97. The zero-order chi connectivity index (χ0) is 9.78. The normalized spacial score (nSPS) is 17.5. The van der Waals surface area contributed by atoms with E-state index in [2.05, 4.69) is 20.8 Å². The highest BCUT2D eigenvalue weighted by atomic mass is 19.1. The van der Waals surface area contributed by atoms with Crippen molar-refractivity contribution in [2.75, 3.05) is 0 Å². The summed E-state index contributed by atoms with van der Waals surface area (Å²) in [5.74, 6) is 1.21. The Kier molecular flexibility index (Phi) is 4.81. The molecule has 2 unspecified atom stereocenters. The van der Waals surface area contributed by atoms with Gasteiger partial charge in [0.25, 0.3) is 0 Å². The Hall–Kier alpha value is -0.0700. The molecule has 1 heteroatoms. The first kappa shape index (κ1) is 11.9. The minimum atomic E-state index is -0.996. The molecule has 0 nitrogen and oxygen atoms in total. The van der Waals surface area contributed by atoms with Gasteiger partial charge in [-0.15, -0.1) is 0 Å². The van der Waals surface area contributed by atoms with Crippen LogP contribution >= 0.6 is 0 Å². The van der Waals surface area contributed by atoms with Gasteiger partial charge in [-0.2, -0.15) is 0 Å². The van der Waals surface area contributed by atoms with Gasteiger partial charge < -0.3 is 0 Å². The van der Waals surface area contributed by atoms with Crippen LogP contribution in [0.1, 0.15) is 53.9 Å². The molecule has 0 aliphatic heterocycles.